The maximum absolute atomic E-state index is 12.9. The molecule has 1 aliphatic heterocycles. The third-order valence-electron chi connectivity index (χ3n) is 3.68. The van der Waals surface area contributed by atoms with Crippen LogP contribution in [0.5, 0.6) is 0 Å². The van der Waals surface area contributed by atoms with Crippen LogP contribution in [-0.2, 0) is 10.0 Å². The summed E-state index contributed by atoms with van der Waals surface area (Å²) in [5.74, 6) is -0.361. The Morgan fingerprint density at radius 1 is 1.17 bits per heavy atom. The van der Waals surface area contributed by atoms with Crippen molar-refractivity contribution in [3.8, 4) is 0 Å². The number of rotatable bonds is 2. The minimum atomic E-state index is -4.04. The van der Waals surface area contributed by atoms with Crippen molar-refractivity contribution in [3.05, 3.63) is 52.0 Å². The fraction of sp³-hybridized carbons (Fsp3) is 0.133. The van der Waals surface area contributed by atoms with Crippen LogP contribution in [0, 0.1) is 0 Å². The van der Waals surface area contributed by atoms with E-state index in [2.05, 4.69) is 5.32 Å². The number of nitrogens with zero attached hydrogens (tertiary/aromatic N) is 1. The second-order valence-electron chi connectivity index (χ2n) is 5.35. The van der Waals surface area contributed by atoms with Crippen LogP contribution >= 0.6 is 23.2 Å². The molecule has 2 aromatic rings. The number of nitrogens with two attached hydrogens (primary N) is 1. The molecule has 0 saturated carbocycles. The zero-order chi connectivity index (χ0) is 17.6. The van der Waals surface area contributed by atoms with Gasteiger partial charge in [-0.25, -0.2) is 13.6 Å². The molecule has 6 nitrogen and oxygen atoms in total. The van der Waals surface area contributed by atoms with Gasteiger partial charge < -0.3 is 5.32 Å². The van der Waals surface area contributed by atoms with Gasteiger partial charge in [0.05, 0.1) is 16.3 Å². The summed E-state index contributed by atoms with van der Waals surface area (Å²) in [6.45, 7) is 1.80. The summed E-state index contributed by atoms with van der Waals surface area (Å²) in [5, 5.41) is 8.79. The predicted octanol–water partition coefficient (Wildman–Crippen LogP) is 3.06. The predicted molar refractivity (Wildman–Crippen MR) is 94.2 cm³/mol. The van der Waals surface area contributed by atoms with Crippen molar-refractivity contribution < 1.29 is 13.2 Å². The second kappa shape index (κ2) is 5.93. The fourth-order valence-corrected chi connectivity index (χ4v) is 3.83. The molecule has 3 N–H and O–H groups in total. The first kappa shape index (κ1) is 17.0. The van der Waals surface area contributed by atoms with Crippen molar-refractivity contribution in [2.45, 2.75) is 18.0 Å². The SMILES string of the molecule is CC1Nc2cc(Cl)c(S(N)(=O)=O)cc2C(=O)N1c1ccc(Cl)cc1. The van der Waals surface area contributed by atoms with E-state index in [1.165, 1.54) is 17.0 Å². The van der Waals surface area contributed by atoms with Crippen LogP contribution in [0.3, 0.4) is 0 Å². The number of benzene rings is 2. The molecule has 1 amide bonds. The summed E-state index contributed by atoms with van der Waals surface area (Å²) in [6.07, 6.45) is -0.359. The van der Waals surface area contributed by atoms with E-state index in [-0.39, 0.29) is 27.6 Å². The minimum Gasteiger partial charge on any atom is -0.364 e. The molecule has 0 radical (unpaired) electrons. The van der Waals surface area contributed by atoms with Crippen LogP contribution in [0.15, 0.2) is 41.3 Å². The smallest absolute Gasteiger partial charge is 0.262 e. The molecular formula is C15H13Cl2N3O3S. The molecule has 9 heteroatoms. The van der Waals surface area contributed by atoms with E-state index in [0.29, 0.717) is 16.4 Å². The number of hydrogen-bond donors (Lipinski definition) is 2. The van der Waals surface area contributed by atoms with Crippen LogP contribution in [0.2, 0.25) is 10.0 Å². The van der Waals surface area contributed by atoms with Gasteiger partial charge in [-0.15, -0.1) is 0 Å². The van der Waals surface area contributed by atoms with Crippen molar-refractivity contribution in [1.82, 2.24) is 0 Å². The van der Waals surface area contributed by atoms with E-state index in [4.69, 9.17) is 28.3 Å². The number of anilines is 2. The average Bonchev–Trinajstić information content (AvgIpc) is 2.47. The standard InChI is InChI=1S/C15H13Cl2N3O3S/c1-8-19-13-7-12(17)14(24(18,22)23)6-11(13)15(21)20(8)10-4-2-9(16)3-5-10/h2-8,19H,1H3,(H2,18,22,23). The molecule has 0 aliphatic carbocycles. The van der Waals surface area contributed by atoms with Gasteiger partial charge in [0.1, 0.15) is 11.1 Å². The lowest BCUT2D eigenvalue weighted by Gasteiger charge is -2.36. The van der Waals surface area contributed by atoms with Crippen LogP contribution < -0.4 is 15.4 Å². The number of halogens is 2. The Kier molecular flexibility index (Phi) is 4.21. The van der Waals surface area contributed by atoms with Crippen molar-refractivity contribution >= 4 is 50.5 Å². The maximum atomic E-state index is 12.9. The zero-order valence-corrected chi connectivity index (χ0v) is 14.8. The van der Waals surface area contributed by atoms with Crippen LogP contribution in [0.4, 0.5) is 11.4 Å². The van der Waals surface area contributed by atoms with Gasteiger partial charge in [-0.3, -0.25) is 9.69 Å². The van der Waals surface area contributed by atoms with E-state index in [0.717, 1.165) is 0 Å². The lowest BCUT2D eigenvalue weighted by atomic mass is 10.1. The first-order chi connectivity index (χ1) is 11.2. The van der Waals surface area contributed by atoms with E-state index >= 15 is 0 Å². The topological polar surface area (TPSA) is 92.5 Å². The quantitative estimate of drug-likeness (QED) is 0.830. The van der Waals surface area contributed by atoms with Gasteiger partial charge >= 0.3 is 0 Å². The van der Waals surface area contributed by atoms with Gasteiger partial charge in [-0.1, -0.05) is 23.2 Å². The number of primary sulfonamides is 1. The summed E-state index contributed by atoms with van der Waals surface area (Å²) in [6, 6.07) is 9.34. The summed E-state index contributed by atoms with van der Waals surface area (Å²) in [7, 11) is -4.04. The lowest BCUT2D eigenvalue weighted by molar-refractivity contribution is 0.0977. The van der Waals surface area contributed by atoms with Gasteiger partial charge in [-0.2, -0.15) is 0 Å². The Morgan fingerprint density at radius 2 is 1.79 bits per heavy atom. The van der Waals surface area contributed by atoms with Crippen LogP contribution in [0.25, 0.3) is 0 Å². The number of sulfonamides is 1. The molecule has 3 rings (SSSR count). The van der Waals surface area contributed by atoms with Crippen LogP contribution in [0.1, 0.15) is 17.3 Å². The second-order valence-corrected chi connectivity index (χ2v) is 7.72. The summed E-state index contributed by atoms with van der Waals surface area (Å²) >= 11 is 11.9. The number of hydrogen-bond acceptors (Lipinski definition) is 4. The maximum Gasteiger partial charge on any atom is 0.262 e. The molecule has 24 heavy (non-hydrogen) atoms. The molecule has 2 aromatic carbocycles. The molecule has 1 atom stereocenters. The Bertz CT molecular complexity index is 930. The molecule has 1 unspecified atom stereocenters. The monoisotopic (exact) mass is 385 g/mol. The third-order valence-corrected chi connectivity index (χ3v) is 5.31. The highest BCUT2D eigenvalue weighted by atomic mass is 35.5. The lowest BCUT2D eigenvalue weighted by Crippen LogP contribution is -2.47. The Balaban J connectivity index is 2.12. The molecule has 0 bridgehead atoms. The minimum absolute atomic E-state index is 0.0382. The molecule has 0 saturated heterocycles. The van der Waals surface area contributed by atoms with Crippen LogP contribution in [-0.4, -0.2) is 20.5 Å². The number of nitrogens with one attached hydrogen (secondary N) is 1. The van der Waals surface area contributed by atoms with E-state index < -0.39 is 10.0 Å². The molecular weight excluding hydrogens is 373 g/mol. The Labute approximate surface area is 149 Å². The number of carbonyl (C=O) groups is 1. The number of fused-ring (bicyclic) bond motifs is 1. The summed E-state index contributed by atoms with van der Waals surface area (Å²) in [5.41, 5.74) is 1.26. The molecule has 1 heterocycles. The van der Waals surface area contributed by atoms with Crippen molar-refractivity contribution in [3.63, 3.8) is 0 Å². The Morgan fingerprint density at radius 3 is 2.38 bits per heavy atom. The van der Waals surface area contributed by atoms with Gasteiger partial charge in [0.25, 0.3) is 5.91 Å². The fourth-order valence-electron chi connectivity index (χ4n) is 2.61. The molecule has 0 spiro atoms. The van der Waals surface area contributed by atoms with E-state index in [9.17, 15) is 13.2 Å². The summed E-state index contributed by atoms with van der Waals surface area (Å²) < 4.78 is 23.3. The highest BCUT2D eigenvalue weighted by molar-refractivity contribution is 7.89. The molecule has 0 aromatic heterocycles. The Hall–Kier alpha value is -1.80. The summed E-state index contributed by atoms with van der Waals surface area (Å²) in [4.78, 5) is 14.1. The highest BCUT2D eigenvalue weighted by Crippen LogP contribution is 2.34. The first-order valence-electron chi connectivity index (χ1n) is 6.90. The largest absolute Gasteiger partial charge is 0.364 e. The number of carbonyl (C=O) groups excluding carboxylic acids is 1. The van der Waals surface area contributed by atoms with Crippen molar-refractivity contribution in [2.24, 2.45) is 5.14 Å². The highest BCUT2D eigenvalue weighted by Gasteiger charge is 2.32. The van der Waals surface area contributed by atoms with Gasteiger partial charge in [0.15, 0.2) is 0 Å². The molecule has 1 aliphatic rings. The van der Waals surface area contributed by atoms with E-state index in [1.807, 2.05) is 0 Å². The van der Waals surface area contributed by atoms with Crippen molar-refractivity contribution in [2.75, 3.05) is 10.2 Å². The third kappa shape index (κ3) is 2.95. The van der Waals surface area contributed by atoms with Gasteiger partial charge in [0.2, 0.25) is 10.0 Å². The van der Waals surface area contributed by atoms with Gasteiger partial charge in [0, 0.05) is 10.7 Å². The zero-order valence-electron chi connectivity index (χ0n) is 12.5. The van der Waals surface area contributed by atoms with E-state index in [1.54, 1.807) is 31.2 Å². The normalized spacial score (nSPS) is 17.4. The van der Waals surface area contributed by atoms with Gasteiger partial charge in [-0.05, 0) is 43.3 Å². The molecule has 126 valence electrons. The van der Waals surface area contributed by atoms with Crippen molar-refractivity contribution in [1.29, 1.82) is 0 Å². The molecule has 0 fully saturated rings. The average molecular weight is 386 g/mol. The number of amides is 1. The first-order valence-corrected chi connectivity index (χ1v) is 9.21.